The molecule has 1 nitrogen and oxygen atoms in total. The van der Waals surface area contributed by atoms with Gasteiger partial charge in [-0.1, -0.05) is 53.9 Å². The van der Waals surface area contributed by atoms with Crippen LogP contribution in [0, 0.1) is 58.7 Å². The van der Waals surface area contributed by atoms with E-state index in [1.54, 1.807) is 0 Å². The highest BCUT2D eigenvalue weighted by molar-refractivity contribution is 5.07. The van der Waals surface area contributed by atoms with Crippen LogP contribution < -0.4 is 0 Å². The van der Waals surface area contributed by atoms with Crippen LogP contribution >= 0.6 is 0 Å². The predicted molar refractivity (Wildman–Crippen MR) is 119 cm³/mol. The van der Waals surface area contributed by atoms with Crippen molar-refractivity contribution in [3.8, 4) is 0 Å². The first-order valence-corrected chi connectivity index (χ1v) is 13.0. The van der Waals surface area contributed by atoms with Gasteiger partial charge in [0.1, 0.15) is 0 Å². The Morgan fingerprint density at radius 2 is 1.68 bits per heavy atom. The van der Waals surface area contributed by atoms with Gasteiger partial charge in [-0.3, -0.25) is 0 Å². The maximum atomic E-state index is 10.3. The molecule has 0 amide bonds. The van der Waals surface area contributed by atoms with E-state index in [9.17, 15) is 5.11 Å². The van der Waals surface area contributed by atoms with Crippen LogP contribution in [0.1, 0.15) is 105 Å². The van der Waals surface area contributed by atoms with Crippen LogP contribution in [-0.2, 0) is 0 Å². The molecule has 4 rings (SSSR count). The summed E-state index contributed by atoms with van der Waals surface area (Å²) in [5.74, 6) is 8.53. The van der Waals surface area contributed by atoms with Gasteiger partial charge in [-0.2, -0.15) is 0 Å². The molecule has 4 aliphatic carbocycles. The minimum absolute atomic E-state index is 0.00839. The first kappa shape index (κ1) is 21.2. The predicted octanol–water partition coefficient (Wildman–Crippen LogP) is 7.32. The highest BCUT2D eigenvalue weighted by Gasteiger charge is 2.58. The molecule has 4 saturated carbocycles. The summed E-state index contributed by atoms with van der Waals surface area (Å²) in [4.78, 5) is 0. The Hall–Kier alpha value is -0.0400. The van der Waals surface area contributed by atoms with Gasteiger partial charge >= 0.3 is 0 Å². The molecule has 0 aliphatic heterocycles. The van der Waals surface area contributed by atoms with Crippen LogP contribution in [0.2, 0.25) is 0 Å². The topological polar surface area (TPSA) is 20.2 Å². The number of hydrogen-bond acceptors (Lipinski definition) is 1. The number of fused-ring (bicyclic) bond motifs is 5. The summed E-state index contributed by atoms with van der Waals surface area (Å²) in [6.07, 6.45) is 15.2. The zero-order chi connectivity index (χ0) is 20.1. The van der Waals surface area contributed by atoms with Crippen molar-refractivity contribution in [2.24, 2.45) is 58.7 Å². The third-order valence-electron chi connectivity index (χ3n) is 10.5. The highest BCUT2D eigenvalue weighted by Crippen LogP contribution is 2.65. The van der Waals surface area contributed by atoms with E-state index < -0.39 is 0 Å². The molecule has 1 heteroatoms. The van der Waals surface area contributed by atoms with E-state index in [0.29, 0.717) is 5.41 Å². The lowest BCUT2D eigenvalue weighted by molar-refractivity contribution is -0.122. The molecule has 0 heterocycles. The Kier molecular flexibility index (Phi) is 6.24. The van der Waals surface area contributed by atoms with E-state index in [4.69, 9.17) is 0 Å². The zero-order valence-corrected chi connectivity index (χ0v) is 19.5. The third kappa shape index (κ3) is 3.72. The number of rotatable bonds is 5. The largest absolute Gasteiger partial charge is 0.393 e. The molecular formula is C27H48O. The zero-order valence-electron chi connectivity index (χ0n) is 19.5. The molecule has 0 saturated heterocycles. The second-order valence-electron chi connectivity index (χ2n) is 12.5. The maximum absolute atomic E-state index is 10.3. The third-order valence-corrected chi connectivity index (χ3v) is 10.5. The SMILES string of the molecule is CC(C)CCC[C@@H](C)[C@H]1CC[C@@H]2C1[C@H](C)C[C@H]1[C@H]2CC[C@H]2C[C@@H](O)CC[C@@]21C. The molecule has 10 atom stereocenters. The summed E-state index contributed by atoms with van der Waals surface area (Å²) in [5, 5.41) is 10.3. The Labute approximate surface area is 175 Å². The van der Waals surface area contributed by atoms with Crippen LogP contribution in [0.3, 0.4) is 0 Å². The quantitative estimate of drug-likeness (QED) is 0.523. The van der Waals surface area contributed by atoms with Crippen molar-refractivity contribution < 1.29 is 5.11 Å². The fourth-order valence-electron chi connectivity index (χ4n) is 9.09. The average molecular weight is 389 g/mol. The van der Waals surface area contributed by atoms with Gasteiger partial charge in [0.2, 0.25) is 0 Å². The van der Waals surface area contributed by atoms with Gasteiger partial charge in [-0.05, 0) is 110 Å². The van der Waals surface area contributed by atoms with E-state index in [0.717, 1.165) is 66.1 Å². The molecule has 4 fully saturated rings. The normalized spacial score (nSPS) is 49.4. The molecule has 0 aromatic rings. The standard InChI is InChI=1S/C27H48O/c1-17(2)7-6-8-18(3)22-11-12-24-23-10-9-20-16-21(28)13-14-27(20,5)25(23)15-19(4)26(22)24/h17-26,28H,6-16H2,1-5H3/t18-,19-,20+,21+,22-,23+,24+,25+,26?,27+/m1/s1. The first-order chi connectivity index (χ1) is 13.3. The molecule has 0 spiro atoms. The lowest BCUT2D eigenvalue weighted by Gasteiger charge is -2.60. The Morgan fingerprint density at radius 1 is 0.929 bits per heavy atom. The molecule has 0 aromatic heterocycles. The smallest absolute Gasteiger partial charge is 0.0543 e. The second kappa shape index (κ2) is 8.24. The van der Waals surface area contributed by atoms with Crippen molar-refractivity contribution in [2.45, 2.75) is 111 Å². The fraction of sp³-hybridized carbons (Fsp3) is 1.00. The highest BCUT2D eigenvalue weighted by atomic mass is 16.3. The monoisotopic (exact) mass is 388 g/mol. The second-order valence-corrected chi connectivity index (χ2v) is 12.5. The van der Waals surface area contributed by atoms with Gasteiger partial charge in [0, 0.05) is 0 Å². The summed E-state index contributed by atoms with van der Waals surface area (Å²) in [7, 11) is 0. The fourth-order valence-corrected chi connectivity index (χ4v) is 9.09. The summed E-state index contributed by atoms with van der Waals surface area (Å²) in [6.45, 7) is 12.6. The molecule has 1 N–H and O–H groups in total. The van der Waals surface area contributed by atoms with E-state index in [1.807, 2.05) is 0 Å². The maximum Gasteiger partial charge on any atom is 0.0543 e. The number of aliphatic hydroxyl groups excluding tert-OH is 1. The van der Waals surface area contributed by atoms with Crippen molar-refractivity contribution in [3.63, 3.8) is 0 Å². The van der Waals surface area contributed by atoms with Crippen LogP contribution in [-0.4, -0.2) is 11.2 Å². The van der Waals surface area contributed by atoms with E-state index in [2.05, 4.69) is 34.6 Å². The van der Waals surface area contributed by atoms with Crippen molar-refractivity contribution in [1.82, 2.24) is 0 Å². The lowest BCUT2D eigenvalue weighted by Crippen LogP contribution is -2.53. The van der Waals surface area contributed by atoms with Gasteiger partial charge in [-0.25, -0.2) is 0 Å². The van der Waals surface area contributed by atoms with Crippen molar-refractivity contribution in [3.05, 3.63) is 0 Å². The van der Waals surface area contributed by atoms with Crippen LogP contribution in [0.4, 0.5) is 0 Å². The van der Waals surface area contributed by atoms with E-state index in [1.165, 1.54) is 57.8 Å². The molecule has 0 radical (unpaired) electrons. The summed E-state index contributed by atoms with van der Waals surface area (Å²) in [6, 6.07) is 0. The van der Waals surface area contributed by atoms with Crippen molar-refractivity contribution in [2.75, 3.05) is 0 Å². The molecule has 1 unspecified atom stereocenters. The molecule has 28 heavy (non-hydrogen) atoms. The Balaban J connectivity index is 1.46. The molecular weight excluding hydrogens is 340 g/mol. The summed E-state index contributed by atoms with van der Waals surface area (Å²) < 4.78 is 0. The molecule has 4 aliphatic rings. The lowest BCUT2D eigenvalue weighted by atomic mass is 9.45. The Bertz CT molecular complexity index is 526. The van der Waals surface area contributed by atoms with Crippen LogP contribution in [0.5, 0.6) is 0 Å². The van der Waals surface area contributed by atoms with Crippen molar-refractivity contribution >= 4 is 0 Å². The average Bonchev–Trinajstić information content (AvgIpc) is 3.09. The molecule has 0 aromatic carbocycles. The van der Waals surface area contributed by atoms with Crippen molar-refractivity contribution in [1.29, 1.82) is 0 Å². The van der Waals surface area contributed by atoms with Gasteiger partial charge < -0.3 is 5.11 Å². The van der Waals surface area contributed by atoms with Gasteiger partial charge in [0.25, 0.3) is 0 Å². The number of aliphatic hydroxyl groups is 1. The van der Waals surface area contributed by atoms with Crippen LogP contribution in [0.15, 0.2) is 0 Å². The summed E-state index contributed by atoms with van der Waals surface area (Å²) in [5.41, 5.74) is 0.530. The number of hydrogen-bond donors (Lipinski definition) is 1. The van der Waals surface area contributed by atoms with E-state index in [-0.39, 0.29) is 6.10 Å². The Morgan fingerprint density at radius 3 is 2.43 bits per heavy atom. The first-order valence-electron chi connectivity index (χ1n) is 13.0. The molecule has 0 bridgehead atoms. The van der Waals surface area contributed by atoms with Gasteiger partial charge in [0.15, 0.2) is 0 Å². The minimum atomic E-state index is -0.00839. The van der Waals surface area contributed by atoms with Gasteiger partial charge in [0.05, 0.1) is 6.10 Å². The van der Waals surface area contributed by atoms with Crippen LogP contribution in [0.25, 0.3) is 0 Å². The van der Waals surface area contributed by atoms with Gasteiger partial charge in [-0.15, -0.1) is 0 Å². The van der Waals surface area contributed by atoms with E-state index >= 15 is 0 Å². The molecule has 162 valence electrons. The summed E-state index contributed by atoms with van der Waals surface area (Å²) >= 11 is 0. The minimum Gasteiger partial charge on any atom is -0.393 e.